The van der Waals surface area contributed by atoms with E-state index in [1.54, 1.807) is 6.07 Å². The molecule has 21 heavy (non-hydrogen) atoms. The minimum absolute atomic E-state index is 0.139. The van der Waals surface area contributed by atoms with E-state index in [9.17, 15) is 10.1 Å². The zero-order valence-electron chi connectivity index (χ0n) is 11.1. The second kappa shape index (κ2) is 5.79. The molecule has 7 nitrogen and oxygen atoms in total. The van der Waals surface area contributed by atoms with Crippen molar-refractivity contribution < 1.29 is 9.34 Å². The van der Waals surface area contributed by atoms with E-state index < -0.39 is 4.92 Å². The van der Waals surface area contributed by atoms with E-state index in [1.807, 2.05) is 0 Å². The Kier molecular flexibility index (Phi) is 3.85. The van der Waals surface area contributed by atoms with Gasteiger partial charge < -0.3 is 9.73 Å². The van der Waals surface area contributed by atoms with Crippen LogP contribution in [0, 0.1) is 10.1 Å². The largest absolute Gasteiger partial charge is 0.420 e. The Labute approximate surface area is 125 Å². The molecule has 1 aromatic carbocycles. The lowest BCUT2D eigenvalue weighted by molar-refractivity contribution is -0.384. The van der Waals surface area contributed by atoms with Crippen LogP contribution in [0.15, 0.2) is 22.6 Å². The lowest BCUT2D eigenvalue weighted by Gasteiger charge is -1.99. The normalized spacial score (nSPS) is 14.3. The Morgan fingerprint density at radius 3 is 2.95 bits per heavy atom. The van der Waals surface area contributed by atoms with Gasteiger partial charge >= 0.3 is 0 Å². The van der Waals surface area contributed by atoms with Gasteiger partial charge in [0.2, 0.25) is 5.89 Å². The lowest BCUT2D eigenvalue weighted by Crippen LogP contribution is -2.19. The summed E-state index contributed by atoms with van der Waals surface area (Å²) in [4.78, 5) is 10.5. The van der Waals surface area contributed by atoms with Crippen molar-refractivity contribution in [2.24, 2.45) is 0 Å². The zero-order valence-corrected chi connectivity index (χ0v) is 11.8. The average molecular weight is 309 g/mol. The van der Waals surface area contributed by atoms with E-state index in [0.717, 1.165) is 6.54 Å². The Balaban J connectivity index is 1.77. The van der Waals surface area contributed by atoms with E-state index >= 15 is 0 Å². The van der Waals surface area contributed by atoms with Crippen LogP contribution in [0.5, 0.6) is 0 Å². The number of rotatable bonds is 6. The first-order chi connectivity index (χ1) is 10.1. The fourth-order valence-electron chi connectivity index (χ4n) is 1.97. The van der Waals surface area contributed by atoms with Gasteiger partial charge in [-0.05, 0) is 25.0 Å². The molecule has 1 fully saturated rings. The van der Waals surface area contributed by atoms with Gasteiger partial charge in [-0.3, -0.25) is 10.1 Å². The minimum atomic E-state index is -0.514. The summed E-state index contributed by atoms with van der Waals surface area (Å²) in [5.41, 5.74) is 0.132. The van der Waals surface area contributed by atoms with Crippen molar-refractivity contribution in [2.75, 3.05) is 6.54 Å². The predicted octanol–water partition coefficient (Wildman–Crippen LogP) is 2.59. The van der Waals surface area contributed by atoms with Crippen LogP contribution in [0.25, 0.3) is 11.5 Å². The van der Waals surface area contributed by atoms with Crippen molar-refractivity contribution in [1.29, 1.82) is 0 Å². The van der Waals surface area contributed by atoms with Crippen LogP contribution in [-0.4, -0.2) is 27.7 Å². The summed E-state index contributed by atoms with van der Waals surface area (Å²) in [6.07, 6.45) is 3.03. The van der Waals surface area contributed by atoms with Gasteiger partial charge in [0.25, 0.3) is 11.6 Å². The first-order valence-electron chi connectivity index (χ1n) is 6.63. The third-order valence-corrected chi connectivity index (χ3v) is 3.44. The van der Waals surface area contributed by atoms with Gasteiger partial charge in [-0.25, -0.2) is 0 Å². The summed E-state index contributed by atoms with van der Waals surface area (Å²) < 4.78 is 5.49. The number of hydrogen-bond donors (Lipinski definition) is 1. The number of nitro benzene ring substituents is 1. The molecule has 0 spiro atoms. The van der Waals surface area contributed by atoms with Gasteiger partial charge in [0.05, 0.1) is 4.92 Å². The van der Waals surface area contributed by atoms with Gasteiger partial charge in [0, 0.05) is 30.1 Å². The molecule has 0 radical (unpaired) electrons. The summed E-state index contributed by atoms with van der Waals surface area (Å²) in [6, 6.07) is 4.96. The molecule has 2 aromatic rings. The molecule has 0 unspecified atom stereocenters. The fourth-order valence-corrected chi connectivity index (χ4v) is 2.14. The van der Waals surface area contributed by atoms with Crippen LogP contribution >= 0.6 is 11.6 Å². The molecule has 1 aliphatic rings. The summed E-state index contributed by atoms with van der Waals surface area (Å²) in [6.45, 7) is 0.759. The van der Waals surface area contributed by atoms with E-state index in [2.05, 4.69) is 15.5 Å². The molecule has 1 heterocycles. The summed E-state index contributed by atoms with van der Waals surface area (Å²) in [5.74, 6) is 0.599. The highest BCUT2D eigenvalue weighted by Gasteiger charge is 2.22. The summed E-state index contributed by atoms with van der Waals surface area (Å²) in [5, 5.41) is 22.5. The number of nitrogens with one attached hydrogen (secondary N) is 1. The van der Waals surface area contributed by atoms with Crippen LogP contribution < -0.4 is 5.32 Å². The summed E-state index contributed by atoms with van der Waals surface area (Å²) in [7, 11) is 0. The van der Waals surface area contributed by atoms with Crippen LogP contribution in [0.2, 0.25) is 5.02 Å². The highest BCUT2D eigenvalue weighted by Crippen LogP contribution is 2.31. The SMILES string of the molecule is O=[N+]([O-])c1cc(Cl)ccc1-c1nnc(CCNC2CC2)o1. The monoisotopic (exact) mass is 308 g/mol. The predicted molar refractivity (Wildman–Crippen MR) is 76.1 cm³/mol. The van der Waals surface area contributed by atoms with Gasteiger partial charge in [-0.2, -0.15) is 0 Å². The van der Waals surface area contributed by atoms with Gasteiger partial charge in [0.1, 0.15) is 5.56 Å². The molecule has 8 heteroatoms. The van der Waals surface area contributed by atoms with Crippen molar-refractivity contribution in [3.05, 3.63) is 39.2 Å². The molecular formula is C13H13ClN4O3. The van der Waals surface area contributed by atoms with E-state index in [-0.39, 0.29) is 17.1 Å². The number of hydrogen-bond acceptors (Lipinski definition) is 6. The van der Waals surface area contributed by atoms with Crippen molar-refractivity contribution >= 4 is 17.3 Å². The van der Waals surface area contributed by atoms with E-state index in [1.165, 1.54) is 25.0 Å². The maximum atomic E-state index is 11.1. The van der Waals surface area contributed by atoms with E-state index in [0.29, 0.717) is 23.4 Å². The Morgan fingerprint density at radius 2 is 2.24 bits per heavy atom. The summed E-state index contributed by atoms with van der Waals surface area (Å²) >= 11 is 5.78. The van der Waals surface area contributed by atoms with Crippen molar-refractivity contribution in [1.82, 2.24) is 15.5 Å². The van der Waals surface area contributed by atoms with Crippen LogP contribution in [0.1, 0.15) is 18.7 Å². The molecule has 1 N–H and O–H groups in total. The van der Waals surface area contributed by atoms with Crippen LogP contribution in [0.3, 0.4) is 0 Å². The number of aromatic nitrogens is 2. The lowest BCUT2D eigenvalue weighted by atomic mass is 10.2. The van der Waals surface area contributed by atoms with Gasteiger partial charge in [-0.15, -0.1) is 10.2 Å². The standard InChI is InChI=1S/C13H13ClN4O3/c14-8-1-4-10(11(7-8)18(19)20)13-17-16-12(21-13)5-6-15-9-2-3-9/h1,4,7,9,15H,2-3,5-6H2. The van der Waals surface area contributed by atoms with Gasteiger partial charge in [-0.1, -0.05) is 11.6 Å². The highest BCUT2D eigenvalue weighted by atomic mass is 35.5. The quantitative estimate of drug-likeness (QED) is 0.651. The maximum Gasteiger partial charge on any atom is 0.283 e. The van der Waals surface area contributed by atoms with Gasteiger partial charge in [0.15, 0.2) is 0 Å². The average Bonchev–Trinajstić information content (AvgIpc) is 3.16. The molecule has 0 saturated heterocycles. The fraction of sp³-hybridized carbons (Fsp3) is 0.385. The highest BCUT2D eigenvalue weighted by molar-refractivity contribution is 6.30. The Bertz CT molecular complexity index is 669. The number of halogens is 1. The molecular weight excluding hydrogens is 296 g/mol. The number of nitrogens with zero attached hydrogens (tertiary/aromatic N) is 3. The molecule has 110 valence electrons. The molecule has 0 atom stereocenters. The van der Waals surface area contributed by atoms with E-state index in [4.69, 9.17) is 16.0 Å². The maximum absolute atomic E-state index is 11.1. The molecule has 1 aliphatic carbocycles. The molecule has 0 amide bonds. The second-order valence-electron chi connectivity index (χ2n) is 4.90. The van der Waals surface area contributed by atoms with Crippen molar-refractivity contribution in [3.8, 4) is 11.5 Å². The number of benzene rings is 1. The number of nitro groups is 1. The van der Waals surface area contributed by atoms with Crippen molar-refractivity contribution in [2.45, 2.75) is 25.3 Å². The molecule has 0 bridgehead atoms. The Hall–Kier alpha value is -1.99. The third kappa shape index (κ3) is 3.37. The molecule has 3 rings (SSSR count). The smallest absolute Gasteiger partial charge is 0.283 e. The topological polar surface area (TPSA) is 94.1 Å². The second-order valence-corrected chi connectivity index (χ2v) is 5.33. The Morgan fingerprint density at radius 1 is 1.43 bits per heavy atom. The molecule has 1 aromatic heterocycles. The third-order valence-electron chi connectivity index (χ3n) is 3.20. The molecule has 0 aliphatic heterocycles. The van der Waals surface area contributed by atoms with Crippen LogP contribution in [-0.2, 0) is 6.42 Å². The van der Waals surface area contributed by atoms with Crippen molar-refractivity contribution in [3.63, 3.8) is 0 Å². The minimum Gasteiger partial charge on any atom is -0.420 e. The zero-order chi connectivity index (χ0) is 14.8. The first kappa shape index (κ1) is 14.0. The van der Waals surface area contributed by atoms with Crippen LogP contribution in [0.4, 0.5) is 5.69 Å². The molecule has 1 saturated carbocycles. The first-order valence-corrected chi connectivity index (χ1v) is 7.01.